The number of nitrogens with two attached hydrogens (primary N) is 1. The first-order valence-electron chi connectivity index (χ1n) is 7.99. The highest BCUT2D eigenvalue weighted by Gasteiger charge is 2.35. The maximum atomic E-state index is 12.8. The van der Waals surface area contributed by atoms with Crippen molar-refractivity contribution < 1.29 is 4.79 Å². The molecule has 0 radical (unpaired) electrons. The van der Waals surface area contributed by atoms with Gasteiger partial charge < -0.3 is 11.1 Å². The molecular weight excluding hydrogens is 260 g/mol. The number of carbonyl (C=O) groups excluding carboxylic acids is 1. The smallest absolute Gasteiger partial charge is 0.231 e. The van der Waals surface area contributed by atoms with Crippen LogP contribution in [-0.4, -0.2) is 12.5 Å². The second-order valence-electron chi connectivity index (χ2n) is 6.21. The first-order chi connectivity index (χ1) is 9.90. The summed E-state index contributed by atoms with van der Waals surface area (Å²) < 4.78 is 0. The van der Waals surface area contributed by atoms with E-state index in [1.54, 1.807) is 0 Å². The summed E-state index contributed by atoms with van der Waals surface area (Å²) in [5.41, 5.74) is 9.92. The zero-order valence-corrected chi connectivity index (χ0v) is 14.2. The summed E-state index contributed by atoms with van der Waals surface area (Å²) >= 11 is 0. The number of carbonyl (C=O) groups is 1. The van der Waals surface area contributed by atoms with E-state index in [-0.39, 0.29) is 5.91 Å². The first-order valence-corrected chi connectivity index (χ1v) is 7.99. The molecule has 118 valence electrons. The normalized spacial score (nSPS) is 11.5. The summed E-state index contributed by atoms with van der Waals surface area (Å²) in [6.07, 6.45) is 3.62. The SMILES string of the molecule is CCCC(CN)(CCC)C(=O)Nc1c(C)cc(C)cc1C. The van der Waals surface area contributed by atoms with Crippen LogP contribution in [-0.2, 0) is 4.79 Å². The van der Waals surface area contributed by atoms with Crippen LogP contribution in [0.25, 0.3) is 0 Å². The minimum atomic E-state index is -0.437. The monoisotopic (exact) mass is 290 g/mol. The molecule has 0 aliphatic heterocycles. The van der Waals surface area contributed by atoms with Gasteiger partial charge in [-0.15, -0.1) is 0 Å². The molecule has 0 aromatic heterocycles. The van der Waals surface area contributed by atoms with Crippen LogP contribution in [0.4, 0.5) is 5.69 Å². The molecule has 1 rings (SSSR count). The largest absolute Gasteiger partial charge is 0.329 e. The number of anilines is 1. The van der Waals surface area contributed by atoms with E-state index >= 15 is 0 Å². The predicted octanol–water partition coefficient (Wildman–Crippen LogP) is 4.10. The second kappa shape index (κ2) is 7.60. The molecule has 0 fully saturated rings. The van der Waals surface area contributed by atoms with Gasteiger partial charge in [0.15, 0.2) is 0 Å². The summed E-state index contributed by atoms with van der Waals surface area (Å²) in [6.45, 7) is 10.8. The molecule has 0 saturated carbocycles. The van der Waals surface area contributed by atoms with E-state index in [4.69, 9.17) is 5.73 Å². The quantitative estimate of drug-likeness (QED) is 0.794. The fourth-order valence-corrected chi connectivity index (χ4v) is 3.23. The van der Waals surface area contributed by atoms with Crippen molar-refractivity contribution in [2.75, 3.05) is 11.9 Å². The van der Waals surface area contributed by atoms with Crippen LogP contribution in [0.3, 0.4) is 0 Å². The molecular formula is C18H30N2O. The first kappa shape index (κ1) is 17.7. The van der Waals surface area contributed by atoms with Crippen LogP contribution < -0.4 is 11.1 Å². The fourth-order valence-electron chi connectivity index (χ4n) is 3.23. The molecule has 0 bridgehead atoms. The Labute approximate surface area is 129 Å². The van der Waals surface area contributed by atoms with E-state index in [0.29, 0.717) is 6.54 Å². The van der Waals surface area contributed by atoms with Crippen LogP contribution >= 0.6 is 0 Å². The van der Waals surface area contributed by atoms with Gasteiger partial charge in [-0.3, -0.25) is 4.79 Å². The summed E-state index contributed by atoms with van der Waals surface area (Å²) in [7, 11) is 0. The topological polar surface area (TPSA) is 55.1 Å². The van der Waals surface area contributed by atoms with Crippen molar-refractivity contribution in [2.45, 2.75) is 60.3 Å². The molecule has 3 heteroatoms. The molecule has 21 heavy (non-hydrogen) atoms. The molecule has 0 aliphatic carbocycles. The Kier molecular flexibility index (Phi) is 6.41. The van der Waals surface area contributed by atoms with Crippen molar-refractivity contribution in [3.05, 3.63) is 28.8 Å². The third-order valence-corrected chi connectivity index (χ3v) is 4.25. The fraction of sp³-hybridized carbons (Fsp3) is 0.611. The van der Waals surface area contributed by atoms with Gasteiger partial charge in [0.1, 0.15) is 0 Å². The second-order valence-corrected chi connectivity index (χ2v) is 6.21. The third kappa shape index (κ3) is 4.07. The minimum absolute atomic E-state index is 0.0729. The maximum absolute atomic E-state index is 12.8. The van der Waals surface area contributed by atoms with Gasteiger partial charge in [0.25, 0.3) is 0 Å². The third-order valence-electron chi connectivity index (χ3n) is 4.25. The molecule has 1 aromatic rings. The van der Waals surface area contributed by atoms with Crippen molar-refractivity contribution in [3.63, 3.8) is 0 Å². The number of nitrogens with one attached hydrogen (secondary N) is 1. The highest BCUT2D eigenvalue weighted by molar-refractivity contribution is 5.96. The Bertz CT molecular complexity index is 465. The molecule has 0 aliphatic rings. The average Bonchev–Trinajstić information content (AvgIpc) is 2.42. The number of rotatable bonds is 7. The van der Waals surface area contributed by atoms with E-state index < -0.39 is 5.41 Å². The zero-order valence-electron chi connectivity index (χ0n) is 14.2. The number of hydrogen-bond acceptors (Lipinski definition) is 2. The van der Waals surface area contributed by atoms with Crippen molar-refractivity contribution in [2.24, 2.45) is 11.1 Å². The summed E-state index contributed by atoms with van der Waals surface area (Å²) in [5, 5.41) is 3.15. The Morgan fingerprint density at radius 3 is 1.95 bits per heavy atom. The van der Waals surface area contributed by atoms with Gasteiger partial charge in [0.05, 0.1) is 5.41 Å². The van der Waals surface area contributed by atoms with Gasteiger partial charge in [-0.05, 0) is 44.7 Å². The van der Waals surface area contributed by atoms with E-state index in [1.807, 2.05) is 13.8 Å². The van der Waals surface area contributed by atoms with Crippen molar-refractivity contribution >= 4 is 11.6 Å². The molecule has 1 aromatic carbocycles. The molecule has 0 heterocycles. The molecule has 3 nitrogen and oxygen atoms in total. The molecule has 1 amide bonds. The summed E-state index contributed by atoms with van der Waals surface area (Å²) in [5.74, 6) is 0.0729. The lowest BCUT2D eigenvalue weighted by atomic mass is 9.78. The van der Waals surface area contributed by atoms with Gasteiger partial charge in [0.2, 0.25) is 5.91 Å². The van der Waals surface area contributed by atoms with Crippen molar-refractivity contribution in [1.29, 1.82) is 0 Å². The van der Waals surface area contributed by atoms with Crippen molar-refractivity contribution in [3.8, 4) is 0 Å². The summed E-state index contributed by atoms with van der Waals surface area (Å²) in [6, 6.07) is 4.21. The maximum Gasteiger partial charge on any atom is 0.231 e. The standard InChI is InChI=1S/C18H30N2O/c1-6-8-18(12-19,9-7-2)17(21)20-16-14(4)10-13(3)11-15(16)5/h10-11H,6-9,12,19H2,1-5H3,(H,20,21). The zero-order chi connectivity index (χ0) is 16.0. The lowest BCUT2D eigenvalue weighted by Crippen LogP contribution is -2.42. The number of benzene rings is 1. The number of amides is 1. The number of aryl methyl sites for hydroxylation is 3. The molecule has 0 saturated heterocycles. The predicted molar refractivity (Wildman–Crippen MR) is 90.6 cm³/mol. The Morgan fingerprint density at radius 1 is 1.10 bits per heavy atom. The van der Waals surface area contributed by atoms with E-state index in [9.17, 15) is 4.79 Å². The highest BCUT2D eigenvalue weighted by atomic mass is 16.2. The number of hydrogen-bond donors (Lipinski definition) is 2. The average molecular weight is 290 g/mol. The van der Waals surface area contributed by atoms with Crippen LogP contribution in [0.5, 0.6) is 0 Å². The van der Waals surface area contributed by atoms with Crippen LogP contribution in [0, 0.1) is 26.2 Å². The van der Waals surface area contributed by atoms with Gasteiger partial charge in [0, 0.05) is 12.2 Å². The molecule has 0 spiro atoms. The van der Waals surface area contributed by atoms with E-state index in [1.165, 1.54) is 5.56 Å². The van der Waals surface area contributed by atoms with Gasteiger partial charge >= 0.3 is 0 Å². The van der Waals surface area contributed by atoms with Crippen LogP contribution in [0.15, 0.2) is 12.1 Å². The van der Waals surface area contributed by atoms with Crippen LogP contribution in [0.1, 0.15) is 56.2 Å². The lowest BCUT2D eigenvalue weighted by molar-refractivity contribution is -0.126. The summed E-state index contributed by atoms with van der Waals surface area (Å²) in [4.78, 5) is 12.8. The highest BCUT2D eigenvalue weighted by Crippen LogP contribution is 2.32. The Hall–Kier alpha value is -1.35. The van der Waals surface area contributed by atoms with Crippen molar-refractivity contribution in [1.82, 2.24) is 0 Å². The van der Waals surface area contributed by atoms with E-state index in [2.05, 4.69) is 38.2 Å². The molecule has 0 unspecified atom stereocenters. The molecule has 0 atom stereocenters. The molecule has 3 N–H and O–H groups in total. The van der Waals surface area contributed by atoms with Gasteiger partial charge in [-0.2, -0.15) is 0 Å². The minimum Gasteiger partial charge on any atom is -0.329 e. The Balaban J connectivity index is 3.07. The van der Waals surface area contributed by atoms with E-state index in [0.717, 1.165) is 42.5 Å². The lowest BCUT2D eigenvalue weighted by Gasteiger charge is -2.31. The Morgan fingerprint density at radius 2 is 1.57 bits per heavy atom. The van der Waals surface area contributed by atoms with Gasteiger partial charge in [-0.25, -0.2) is 0 Å². The van der Waals surface area contributed by atoms with Crippen LogP contribution in [0.2, 0.25) is 0 Å². The van der Waals surface area contributed by atoms with Gasteiger partial charge in [-0.1, -0.05) is 44.4 Å².